The molecule has 3 N–H and O–H groups in total. The van der Waals surface area contributed by atoms with E-state index >= 15 is 0 Å². The first-order chi connectivity index (χ1) is 17.4. The molecule has 1 fully saturated rings. The molecule has 2 aromatic carbocycles. The monoisotopic (exact) mass is 496 g/mol. The molecule has 1 heterocycles. The third kappa shape index (κ3) is 7.71. The van der Waals surface area contributed by atoms with Crippen LogP contribution in [0.3, 0.4) is 0 Å². The summed E-state index contributed by atoms with van der Waals surface area (Å²) < 4.78 is 10.0. The molecular weight excluding hydrogens is 460 g/mol. The van der Waals surface area contributed by atoms with Crippen LogP contribution in [0.25, 0.3) is 0 Å². The molecule has 0 atom stereocenters. The van der Waals surface area contributed by atoms with E-state index in [2.05, 4.69) is 27.8 Å². The summed E-state index contributed by atoms with van der Waals surface area (Å²) in [5.74, 6) is 0.0756. The number of ether oxygens (including phenoxy) is 2. The number of hydrogen-bond donors (Lipinski definition) is 3. The molecule has 3 rings (SSSR count). The molecule has 36 heavy (non-hydrogen) atoms. The highest BCUT2D eigenvalue weighted by atomic mass is 16.5. The predicted octanol–water partition coefficient (Wildman–Crippen LogP) is 4.51. The van der Waals surface area contributed by atoms with Gasteiger partial charge in [-0.1, -0.05) is 6.92 Å². The van der Waals surface area contributed by atoms with Gasteiger partial charge in [0.1, 0.15) is 0 Å². The molecule has 1 aliphatic heterocycles. The normalized spacial score (nSPS) is 13.7. The number of piperidine rings is 1. The van der Waals surface area contributed by atoms with E-state index in [0.717, 1.165) is 31.6 Å². The minimum absolute atomic E-state index is 0.182. The van der Waals surface area contributed by atoms with Crippen molar-refractivity contribution in [1.82, 2.24) is 5.32 Å². The first-order valence-corrected chi connectivity index (χ1v) is 12.4. The summed E-state index contributed by atoms with van der Waals surface area (Å²) >= 11 is 0. The number of anilines is 3. The van der Waals surface area contributed by atoms with Gasteiger partial charge < -0.3 is 30.3 Å². The minimum atomic E-state index is -0.454. The Morgan fingerprint density at radius 1 is 1.00 bits per heavy atom. The van der Waals surface area contributed by atoms with Crippen LogP contribution in [0.2, 0.25) is 0 Å². The Balaban J connectivity index is 1.70. The van der Waals surface area contributed by atoms with Crippen LogP contribution < -0.4 is 20.9 Å². The number of nitrogens with one attached hydrogen (secondary N) is 3. The van der Waals surface area contributed by atoms with Crippen molar-refractivity contribution in [2.24, 2.45) is 5.92 Å². The zero-order chi connectivity index (χ0) is 25.9. The van der Waals surface area contributed by atoms with Crippen molar-refractivity contribution in [2.75, 3.05) is 55.5 Å². The Bertz CT molecular complexity index is 1030. The van der Waals surface area contributed by atoms with Gasteiger partial charge in [-0.3, -0.25) is 4.79 Å². The number of carbonyl (C=O) groups excluding carboxylic acids is 3. The molecule has 3 amide bonds. The maximum atomic E-state index is 13.1. The first-order valence-electron chi connectivity index (χ1n) is 12.4. The number of urea groups is 1. The number of amides is 3. The molecule has 1 aliphatic rings. The van der Waals surface area contributed by atoms with Gasteiger partial charge in [0.2, 0.25) is 0 Å². The largest absolute Gasteiger partial charge is 0.462 e. The third-order valence-electron chi connectivity index (χ3n) is 6.09. The number of methoxy groups -OCH3 is 1. The Kier molecular flexibility index (Phi) is 10.1. The van der Waals surface area contributed by atoms with Crippen LogP contribution in [0.5, 0.6) is 0 Å². The van der Waals surface area contributed by atoms with Crippen LogP contribution in [0.1, 0.15) is 53.8 Å². The molecular formula is C27H36N4O5. The lowest BCUT2D eigenvalue weighted by Crippen LogP contribution is -2.35. The van der Waals surface area contributed by atoms with Gasteiger partial charge in [-0.2, -0.15) is 0 Å². The zero-order valence-electron chi connectivity index (χ0n) is 21.3. The Morgan fingerprint density at radius 2 is 1.67 bits per heavy atom. The second-order valence-electron chi connectivity index (χ2n) is 8.88. The van der Waals surface area contributed by atoms with E-state index in [1.54, 1.807) is 50.4 Å². The van der Waals surface area contributed by atoms with Crippen LogP contribution in [-0.2, 0) is 9.47 Å². The fourth-order valence-electron chi connectivity index (χ4n) is 4.03. The lowest BCUT2D eigenvalue weighted by atomic mass is 9.98. The lowest BCUT2D eigenvalue weighted by molar-refractivity contribution is 0.0526. The maximum Gasteiger partial charge on any atom is 0.338 e. The number of benzene rings is 2. The molecule has 0 aliphatic carbocycles. The van der Waals surface area contributed by atoms with Gasteiger partial charge in [0.05, 0.1) is 17.7 Å². The zero-order valence-corrected chi connectivity index (χ0v) is 21.3. The van der Waals surface area contributed by atoms with Crippen molar-refractivity contribution in [3.63, 3.8) is 0 Å². The molecule has 0 aromatic heterocycles. The van der Waals surface area contributed by atoms with Crippen molar-refractivity contribution in [1.29, 1.82) is 0 Å². The second-order valence-corrected chi connectivity index (χ2v) is 8.88. The lowest BCUT2D eigenvalue weighted by Gasteiger charge is -2.33. The van der Waals surface area contributed by atoms with Gasteiger partial charge in [-0.05, 0) is 74.6 Å². The molecule has 0 unspecified atom stereocenters. The molecule has 9 nitrogen and oxygen atoms in total. The molecule has 9 heteroatoms. The molecule has 194 valence electrons. The smallest absolute Gasteiger partial charge is 0.338 e. The van der Waals surface area contributed by atoms with E-state index in [9.17, 15) is 14.4 Å². The number of hydrogen-bond acceptors (Lipinski definition) is 6. The molecule has 0 spiro atoms. The van der Waals surface area contributed by atoms with Crippen molar-refractivity contribution < 1.29 is 23.9 Å². The summed E-state index contributed by atoms with van der Waals surface area (Å²) in [7, 11) is 1.63. The van der Waals surface area contributed by atoms with Crippen LogP contribution in [-0.4, -0.2) is 57.9 Å². The highest BCUT2D eigenvalue weighted by molar-refractivity contribution is 6.04. The Labute approximate surface area is 212 Å². The van der Waals surface area contributed by atoms with E-state index in [1.807, 2.05) is 6.07 Å². The summed E-state index contributed by atoms with van der Waals surface area (Å²) in [5.41, 5.74) is 2.83. The summed E-state index contributed by atoms with van der Waals surface area (Å²) in [6, 6.07) is 11.4. The molecule has 0 radical (unpaired) electrons. The van der Waals surface area contributed by atoms with E-state index in [0.29, 0.717) is 54.6 Å². The maximum absolute atomic E-state index is 13.1. The summed E-state index contributed by atoms with van der Waals surface area (Å²) in [5, 5.41) is 8.49. The van der Waals surface area contributed by atoms with E-state index < -0.39 is 12.0 Å². The first kappa shape index (κ1) is 27.0. The SMILES string of the molecule is CCOC(=O)c1ccc(NC(=O)Nc2ccc(N3CCC(C)CC3)c(C(=O)NCCCOC)c2)cc1. The Hall–Kier alpha value is -3.59. The molecule has 0 saturated carbocycles. The van der Waals surface area contributed by atoms with E-state index in [-0.39, 0.29) is 5.91 Å². The summed E-state index contributed by atoms with van der Waals surface area (Å²) in [6.45, 7) is 7.14. The third-order valence-corrected chi connectivity index (χ3v) is 6.09. The highest BCUT2D eigenvalue weighted by Gasteiger charge is 2.22. The fraction of sp³-hybridized carbons (Fsp3) is 0.444. The van der Waals surface area contributed by atoms with Crippen molar-refractivity contribution in [3.05, 3.63) is 53.6 Å². The number of nitrogens with zero attached hydrogens (tertiary/aromatic N) is 1. The van der Waals surface area contributed by atoms with Gasteiger partial charge in [0.25, 0.3) is 5.91 Å². The van der Waals surface area contributed by atoms with Crippen molar-refractivity contribution in [2.45, 2.75) is 33.1 Å². The van der Waals surface area contributed by atoms with E-state index in [1.165, 1.54) is 0 Å². The van der Waals surface area contributed by atoms with Gasteiger partial charge >= 0.3 is 12.0 Å². The second kappa shape index (κ2) is 13.5. The number of carbonyl (C=O) groups is 3. The molecule has 1 saturated heterocycles. The van der Waals surface area contributed by atoms with Crippen LogP contribution in [0, 0.1) is 5.92 Å². The minimum Gasteiger partial charge on any atom is -0.462 e. The van der Waals surface area contributed by atoms with Gasteiger partial charge in [0.15, 0.2) is 0 Å². The van der Waals surface area contributed by atoms with Gasteiger partial charge in [0, 0.05) is 50.4 Å². The van der Waals surface area contributed by atoms with E-state index in [4.69, 9.17) is 9.47 Å². The molecule has 0 bridgehead atoms. The number of esters is 1. The quantitative estimate of drug-likeness (QED) is 0.330. The van der Waals surface area contributed by atoms with Crippen LogP contribution in [0.15, 0.2) is 42.5 Å². The average Bonchev–Trinajstić information content (AvgIpc) is 2.87. The van der Waals surface area contributed by atoms with Crippen molar-refractivity contribution >= 4 is 35.0 Å². The number of rotatable bonds is 10. The molecule has 2 aromatic rings. The predicted molar refractivity (Wildman–Crippen MR) is 141 cm³/mol. The van der Waals surface area contributed by atoms with Gasteiger partial charge in [-0.25, -0.2) is 9.59 Å². The van der Waals surface area contributed by atoms with Crippen LogP contribution in [0.4, 0.5) is 21.9 Å². The highest BCUT2D eigenvalue weighted by Crippen LogP contribution is 2.29. The standard InChI is InChI=1S/C27H36N4O5/c1-4-36-26(33)20-6-8-21(9-7-20)29-27(34)30-22-10-11-24(31-15-12-19(2)13-16-31)23(18-22)25(32)28-14-5-17-35-3/h6-11,18-19H,4-5,12-17H2,1-3H3,(H,28,32)(H2,29,30,34). The summed E-state index contributed by atoms with van der Waals surface area (Å²) in [4.78, 5) is 39.7. The van der Waals surface area contributed by atoms with Gasteiger partial charge in [-0.15, -0.1) is 0 Å². The summed E-state index contributed by atoms with van der Waals surface area (Å²) in [6.07, 6.45) is 2.87. The Morgan fingerprint density at radius 3 is 2.33 bits per heavy atom. The fourth-order valence-corrected chi connectivity index (χ4v) is 4.03. The average molecular weight is 497 g/mol. The van der Waals surface area contributed by atoms with Crippen molar-refractivity contribution in [3.8, 4) is 0 Å². The van der Waals surface area contributed by atoms with Crippen LogP contribution >= 0.6 is 0 Å². The topological polar surface area (TPSA) is 109 Å².